The van der Waals surface area contributed by atoms with Crippen LogP contribution < -0.4 is 19.8 Å². The van der Waals surface area contributed by atoms with E-state index in [4.69, 9.17) is 23.7 Å². The number of fused-ring (bicyclic) bond motifs is 3. The van der Waals surface area contributed by atoms with Crippen LogP contribution in [0.2, 0.25) is 0 Å². The molecule has 0 radical (unpaired) electrons. The Morgan fingerprint density at radius 1 is 1.12 bits per heavy atom. The standard InChI is InChI=1S/C24H27F2NO6/c1-14-19(33-13-17-12-30-5-6-31-17)9-22(28)27-4-3-15-7-21(32-11-16-10-24(16,25)26)20(29-2)8-18(15)23(14)27/h7-9,16-17H,3-6,10-13H2,1-2H3/t16?,17-/m0/s1. The van der Waals surface area contributed by atoms with Crippen molar-refractivity contribution in [2.75, 3.05) is 40.1 Å². The van der Waals surface area contributed by atoms with Crippen LogP contribution in [0.5, 0.6) is 17.2 Å². The van der Waals surface area contributed by atoms with Crippen LogP contribution in [-0.4, -0.2) is 56.7 Å². The molecule has 1 saturated heterocycles. The highest BCUT2D eigenvalue weighted by Crippen LogP contribution is 2.49. The first-order valence-electron chi connectivity index (χ1n) is 11.2. The van der Waals surface area contributed by atoms with E-state index in [2.05, 4.69) is 0 Å². The van der Waals surface area contributed by atoms with Crippen LogP contribution >= 0.6 is 0 Å². The van der Waals surface area contributed by atoms with Gasteiger partial charge in [0.1, 0.15) is 18.5 Å². The molecular formula is C24H27F2NO6. The van der Waals surface area contributed by atoms with E-state index in [-0.39, 0.29) is 24.7 Å². The monoisotopic (exact) mass is 463 g/mol. The van der Waals surface area contributed by atoms with Gasteiger partial charge in [0.25, 0.3) is 11.5 Å². The molecule has 1 aliphatic carbocycles. The smallest absolute Gasteiger partial charge is 0.255 e. The fourth-order valence-electron chi connectivity index (χ4n) is 4.44. The second kappa shape index (κ2) is 8.61. The zero-order valence-electron chi connectivity index (χ0n) is 18.7. The van der Waals surface area contributed by atoms with E-state index in [9.17, 15) is 13.6 Å². The average Bonchev–Trinajstić information content (AvgIpc) is 3.44. The Hall–Kier alpha value is -2.65. The number of ether oxygens (including phenoxy) is 5. The minimum absolute atomic E-state index is 0.0534. The SMILES string of the molecule is COc1cc2c(cc1OCC1CC1(F)F)CCn1c-2c(C)c(OC[C@@H]2COCCO2)cc1=O. The molecule has 1 saturated carbocycles. The summed E-state index contributed by atoms with van der Waals surface area (Å²) in [6.07, 6.45) is 0.300. The van der Waals surface area contributed by atoms with Crippen molar-refractivity contribution in [3.05, 3.63) is 39.7 Å². The maximum atomic E-state index is 13.3. The number of rotatable bonds is 7. The van der Waals surface area contributed by atoms with Crippen LogP contribution in [0.1, 0.15) is 17.5 Å². The van der Waals surface area contributed by atoms with Crippen LogP contribution in [-0.2, 0) is 22.4 Å². The van der Waals surface area contributed by atoms with Crippen molar-refractivity contribution in [1.82, 2.24) is 4.57 Å². The van der Waals surface area contributed by atoms with Gasteiger partial charge in [-0.2, -0.15) is 0 Å². The summed E-state index contributed by atoms with van der Waals surface area (Å²) in [6, 6.07) is 5.16. The van der Waals surface area contributed by atoms with E-state index in [0.29, 0.717) is 56.6 Å². The van der Waals surface area contributed by atoms with E-state index in [0.717, 1.165) is 22.4 Å². The summed E-state index contributed by atoms with van der Waals surface area (Å²) in [5.74, 6) is -2.00. The molecule has 3 aliphatic rings. The number of nitrogens with zero attached hydrogens (tertiary/aromatic N) is 1. The molecule has 2 aromatic rings. The van der Waals surface area contributed by atoms with Crippen molar-refractivity contribution >= 4 is 0 Å². The number of aryl methyl sites for hydroxylation is 1. The molecule has 2 atom stereocenters. The summed E-state index contributed by atoms with van der Waals surface area (Å²) in [6.45, 7) is 4.21. The van der Waals surface area contributed by atoms with Gasteiger partial charge in [0.05, 0.1) is 45.1 Å². The quantitative estimate of drug-likeness (QED) is 0.628. The predicted octanol–water partition coefficient (Wildman–Crippen LogP) is 3.22. The third-order valence-corrected chi connectivity index (χ3v) is 6.47. The number of halogens is 2. The number of hydrogen-bond acceptors (Lipinski definition) is 6. The van der Waals surface area contributed by atoms with Gasteiger partial charge in [-0.3, -0.25) is 4.79 Å². The van der Waals surface area contributed by atoms with Gasteiger partial charge in [-0.25, -0.2) is 8.78 Å². The second-order valence-corrected chi connectivity index (χ2v) is 8.73. The molecule has 178 valence electrons. The number of methoxy groups -OCH3 is 1. The topological polar surface area (TPSA) is 68.2 Å². The minimum Gasteiger partial charge on any atom is -0.493 e. The van der Waals surface area contributed by atoms with E-state index >= 15 is 0 Å². The number of alkyl halides is 2. The fourth-order valence-corrected chi connectivity index (χ4v) is 4.44. The normalized spacial score (nSPS) is 22.8. The lowest BCUT2D eigenvalue weighted by molar-refractivity contribution is -0.101. The Kier molecular flexibility index (Phi) is 5.78. The highest BCUT2D eigenvalue weighted by atomic mass is 19.3. The van der Waals surface area contributed by atoms with Crippen LogP contribution in [0.25, 0.3) is 11.3 Å². The minimum atomic E-state index is -2.64. The first-order valence-corrected chi connectivity index (χ1v) is 11.2. The maximum Gasteiger partial charge on any atom is 0.255 e. The summed E-state index contributed by atoms with van der Waals surface area (Å²) in [4.78, 5) is 12.9. The molecule has 0 amide bonds. The maximum absolute atomic E-state index is 13.3. The molecule has 0 bridgehead atoms. The number of aromatic nitrogens is 1. The van der Waals surface area contributed by atoms with E-state index in [1.807, 2.05) is 19.1 Å². The first kappa shape index (κ1) is 22.2. The lowest BCUT2D eigenvalue weighted by Gasteiger charge is -2.27. The molecule has 2 fully saturated rings. The highest BCUT2D eigenvalue weighted by molar-refractivity contribution is 5.74. The van der Waals surface area contributed by atoms with E-state index < -0.39 is 11.8 Å². The summed E-state index contributed by atoms with van der Waals surface area (Å²) in [5, 5.41) is 0. The zero-order valence-corrected chi connectivity index (χ0v) is 18.7. The Bertz CT molecular complexity index is 1110. The summed E-state index contributed by atoms with van der Waals surface area (Å²) >= 11 is 0. The van der Waals surface area contributed by atoms with Gasteiger partial charge < -0.3 is 28.3 Å². The third-order valence-electron chi connectivity index (χ3n) is 6.47. The lowest BCUT2D eigenvalue weighted by Crippen LogP contribution is -2.34. The number of benzene rings is 1. The molecule has 33 heavy (non-hydrogen) atoms. The van der Waals surface area contributed by atoms with Gasteiger partial charge in [0.15, 0.2) is 11.5 Å². The lowest BCUT2D eigenvalue weighted by atomic mass is 9.93. The van der Waals surface area contributed by atoms with Gasteiger partial charge in [-0.1, -0.05) is 0 Å². The highest BCUT2D eigenvalue weighted by Gasteiger charge is 2.57. The molecule has 5 rings (SSSR count). The Balaban J connectivity index is 1.44. The van der Waals surface area contributed by atoms with Crippen LogP contribution in [0.4, 0.5) is 8.78 Å². The molecule has 1 aromatic carbocycles. The zero-order chi connectivity index (χ0) is 23.2. The molecule has 2 aliphatic heterocycles. The van der Waals surface area contributed by atoms with Gasteiger partial charge in [-0.15, -0.1) is 0 Å². The third kappa shape index (κ3) is 4.31. The van der Waals surface area contributed by atoms with E-state index in [1.165, 1.54) is 13.2 Å². The molecule has 0 spiro atoms. The first-order chi connectivity index (χ1) is 15.9. The number of hydrogen-bond donors (Lipinski definition) is 0. The van der Waals surface area contributed by atoms with Crippen LogP contribution in [0.15, 0.2) is 23.0 Å². The molecule has 1 aromatic heterocycles. The van der Waals surface area contributed by atoms with Crippen LogP contribution in [0.3, 0.4) is 0 Å². The average molecular weight is 463 g/mol. The molecule has 9 heteroatoms. The largest absolute Gasteiger partial charge is 0.493 e. The van der Waals surface area contributed by atoms with E-state index in [1.54, 1.807) is 4.57 Å². The Morgan fingerprint density at radius 3 is 2.61 bits per heavy atom. The number of pyridine rings is 1. The molecular weight excluding hydrogens is 436 g/mol. The van der Waals surface area contributed by atoms with Crippen molar-refractivity contribution in [3.8, 4) is 28.5 Å². The molecule has 3 heterocycles. The summed E-state index contributed by atoms with van der Waals surface area (Å²) in [5.41, 5.74) is 3.27. The summed E-state index contributed by atoms with van der Waals surface area (Å²) < 4.78 is 56.4. The van der Waals surface area contributed by atoms with Crippen LogP contribution in [0, 0.1) is 12.8 Å². The van der Waals surface area contributed by atoms with Crippen molar-refractivity contribution in [2.24, 2.45) is 5.92 Å². The van der Waals surface area contributed by atoms with Crippen molar-refractivity contribution in [3.63, 3.8) is 0 Å². The molecule has 7 nitrogen and oxygen atoms in total. The van der Waals surface area contributed by atoms with Gasteiger partial charge >= 0.3 is 0 Å². The molecule has 0 N–H and O–H groups in total. The second-order valence-electron chi connectivity index (χ2n) is 8.73. The Morgan fingerprint density at radius 2 is 1.91 bits per heavy atom. The predicted molar refractivity (Wildman–Crippen MR) is 116 cm³/mol. The van der Waals surface area contributed by atoms with Gasteiger partial charge in [0, 0.05) is 30.2 Å². The summed E-state index contributed by atoms with van der Waals surface area (Å²) in [7, 11) is 1.51. The van der Waals surface area contributed by atoms with Crippen molar-refractivity contribution in [1.29, 1.82) is 0 Å². The van der Waals surface area contributed by atoms with Crippen molar-refractivity contribution in [2.45, 2.75) is 38.3 Å². The molecule has 1 unspecified atom stereocenters. The fraction of sp³-hybridized carbons (Fsp3) is 0.542. The Labute approximate surface area is 190 Å². The van der Waals surface area contributed by atoms with Gasteiger partial charge in [-0.05, 0) is 31.0 Å². The van der Waals surface area contributed by atoms with Crippen molar-refractivity contribution < 1.29 is 32.5 Å². The van der Waals surface area contributed by atoms with Gasteiger partial charge in [0.2, 0.25) is 0 Å².